The number of carboxylic acid groups (broad SMARTS) is 1. The van der Waals surface area contributed by atoms with E-state index < -0.39 is 16.0 Å². The van der Waals surface area contributed by atoms with Crippen LogP contribution in [0.2, 0.25) is 0 Å². The Balaban J connectivity index is 2.01. The lowest BCUT2D eigenvalue weighted by atomic mass is 9.73. The van der Waals surface area contributed by atoms with Crippen LogP contribution in [0.4, 0.5) is 11.4 Å². The fourth-order valence-electron chi connectivity index (χ4n) is 3.54. The monoisotopic (exact) mass is 388 g/mol. The van der Waals surface area contributed by atoms with Gasteiger partial charge in [-0.1, -0.05) is 32.0 Å². The SMILES string of the molecule is CCS(=O)(=O)Nc1ccccc1C1CC(C)(C)c2cc(C(=O)O)ccc2N1. The van der Waals surface area contributed by atoms with Crippen LogP contribution in [0.15, 0.2) is 42.5 Å². The Labute approximate surface area is 159 Å². The molecule has 27 heavy (non-hydrogen) atoms. The Morgan fingerprint density at radius 1 is 1.26 bits per heavy atom. The zero-order valence-corrected chi connectivity index (χ0v) is 16.4. The van der Waals surface area contributed by atoms with Crippen LogP contribution in [-0.4, -0.2) is 25.2 Å². The number of fused-ring (bicyclic) bond motifs is 1. The van der Waals surface area contributed by atoms with Gasteiger partial charge in [0.15, 0.2) is 0 Å². The molecule has 1 unspecified atom stereocenters. The molecular formula is C20H24N2O4S. The number of sulfonamides is 1. The van der Waals surface area contributed by atoms with E-state index in [0.717, 1.165) is 16.8 Å². The third kappa shape index (κ3) is 3.93. The highest BCUT2D eigenvalue weighted by Crippen LogP contribution is 2.45. The van der Waals surface area contributed by atoms with E-state index in [2.05, 4.69) is 23.9 Å². The van der Waals surface area contributed by atoms with Crippen molar-refractivity contribution in [2.24, 2.45) is 0 Å². The van der Waals surface area contributed by atoms with Crippen LogP contribution in [0, 0.1) is 0 Å². The fourth-order valence-corrected chi connectivity index (χ4v) is 4.21. The number of aromatic carboxylic acids is 1. The molecule has 6 nitrogen and oxygen atoms in total. The molecule has 1 atom stereocenters. The first kappa shape index (κ1) is 19.2. The van der Waals surface area contributed by atoms with Gasteiger partial charge < -0.3 is 10.4 Å². The molecule has 2 aromatic rings. The van der Waals surface area contributed by atoms with E-state index in [1.807, 2.05) is 12.1 Å². The van der Waals surface area contributed by atoms with E-state index in [0.29, 0.717) is 12.1 Å². The first-order valence-corrected chi connectivity index (χ1v) is 10.5. The van der Waals surface area contributed by atoms with Gasteiger partial charge in [-0.25, -0.2) is 13.2 Å². The van der Waals surface area contributed by atoms with Crippen LogP contribution in [0.5, 0.6) is 0 Å². The average Bonchev–Trinajstić information content (AvgIpc) is 2.61. The van der Waals surface area contributed by atoms with Crippen molar-refractivity contribution in [2.45, 2.75) is 38.6 Å². The van der Waals surface area contributed by atoms with Gasteiger partial charge in [0.2, 0.25) is 10.0 Å². The average molecular weight is 388 g/mol. The molecule has 1 heterocycles. The lowest BCUT2D eigenvalue weighted by Crippen LogP contribution is -2.32. The lowest BCUT2D eigenvalue weighted by molar-refractivity contribution is 0.0696. The van der Waals surface area contributed by atoms with Crippen LogP contribution in [0.1, 0.15) is 54.7 Å². The highest BCUT2D eigenvalue weighted by Gasteiger charge is 2.35. The second-order valence-electron chi connectivity index (χ2n) is 7.44. The second-order valence-corrected chi connectivity index (χ2v) is 9.45. The molecule has 0 saturated carbocycles. The third-order valence-corrected chi connectivity index (χ3v) is 6.31. The first-order chi connectivity index (χ1) is 12.6. The Morgan fingerprint density at radius 2 is 1.96 bits per heavy atom. The minimum Gasteiger partial charge on any atom is -0.478 e. The molecule has 0 bridgehead atoms. The third-order valence-electron chi connectivity index (χ3n) is 5.02. The van der Waals surface area contributed by atoms with E-state index in [-0.39, 0.29) is 22.8 Å². The first-order valence-electron chi connectivity index (χ1n) is 8.87. The Hall–Kier alpha value is -2.54. The van der Waals surface area contributed by atoms with Crippen LogP contribution in [0.3, 0.4) is 0 Å². The van der Waals surface area contributed by atoms with E-state index in [4.69, 9.17) is 0 Å². The largest absolute Gasteiger partial charge is 0.478 e. The molecule has 1 aliphatic heterocycles. The van der Waals surface area contributed by atoms with Crippen LogP contribution < -0.4 is 10.0 Å². The summed E-state index contributed by atoms with van der Waals surface area (Å²) in [7, 11) is -3.38. The van der Waals surface area contributed by atoms with Gasteiger partial charge in [-0.15, -0.1) is 0 Å². The maximum atomic E-state index is 12.0. The van der Waals surface area contributed by atoms with Crippen molar-refractivity contribution < 1.29 is 18.3 Å². The summed E-state index contributed by atoms with van der Waals surface area (Å²) < 4.78 is 26.8. The second kappa shape index (κ2) is 6.88. The number of anilines is 2. The number of nitrogens with one attached hydrogen (secondary N) is 2. The van der Waals surface area contributed by atoms with Gasteiger partial charge in [-0.3, -0.25) is 4.72 Å². The van der Waals surface area contributed by atoms with Crippen molar-refractivity contribution in [2.75, 3.05) is 15.8 Å². The van der Waals surface area contributed by atoms with E-state index in [1.54, 1.807) is 37.3 Å². The summed E-state index contributed by atoms with van der Waals surface area (Å²) in [5.41, 5.74) is 3.25. The van der Waals surface area contributed by atoms with E-state index >= 15 is 0 Å². The predicted octanol–water partition coefficient (Wildman–Crippen LogP) is 3.98. The number of hydrogen-bond donors (Lipinski definition) is 3. The van der Waals surface area contributed by atoms with E-state index in [9.17, 15) is 18.3 Å². The molecule has 2 aromatic carbocycles. The smallest absolute Gasteiger partial charge is 0.335 e. The normalized spacial score (nSPS) is 18.3. The highest BCUT2D eigenvalue weighted by atomic mass is 32.2. The molecule has 0 fully saturated rings. The van der Waals surface area contributed by atoms with Gasteiger partial charge in [0, 0.05) is 5.69 Å². The van der Waals surface area contributed by atoms with Crippen molar-refractivity contribution >= 4 is 27.4 Å². The van der Waals surface area contributed by atoms with Crippen molar-refractivity contribution in [1.82, 2.24) is 0 Å². The fraction of sp³-hybridized carbons (Fsp3) is 0.350. The summed E-state index contributed by atoms with van der Waals surface area (Å²) in [5, 5.41) is 12.7. The van der Waals surface area contributed by atoms with Gasteiger partial charge in [-0.05, 0) is 54.2 Å². The Bertz CT molecular complexity index is 983. The zero-order chi connectivity index (χ0) is 19.8. The molecule has 0 aromatic heterocycles. The van der Waals surface area contributed by atoms with Gasteiger partial charge in [-0.2, -0.15) is 0 Å². The summed E-state index contributed by atoms with van der Waals surface area (Å²) in [5.74, 6) is -0.943. The zero-order valence-electron chi connectivity index (χ0n) is 15.6. The lowest BCUT2D eigenvalue weighted by Gasteiger charge is -2.39. The number of rotatable bonds is 5. The minimum atomic E-state index is -3.38. The molecule has 0 amide bonds. The summed E-state index contributed by atoms with van der Waals surface area (Å²) in [6.07, 6.45) is 0.702. The van der Waals surface area contributed by atoms with Crippen molar-refractivity contribution in [3.63, 3.8) is 0 Å². The molecular weight excluding hydrogens is 364 g/mol. The van der Waals surface area contributed by atoms with Crippen LogP contribution >= 0.6 is 0 Å². The maximum Gasteiger partial charge on any atom is 0.335 e. The standard InChI is InChI=1S/C20H24N2O4S/c1-4-27(25,26)22-16-8-6-5-7-14(16)18-12-20(2,3)15-11-13(19(23)24)9-10-17(15)21-18/h5-11,18,21-22H,4,12H2,1-3H3,(H,23,24). The molecule has 3 N–H and O–H groups in total. The minimum absolute atomic E-state index is 0.00568. The van der Waals surface area contributed by atoms with Crippen molar-refractivity contribution in [3.05, 3.63) is 59.2 Å². The molecule has 7 heteroatoms. The van der Waals surface area contributed by atoms with Crippen LogP contribution in [-0.2, 0) is 15.4 Å². The summed E-state index contributed by atoms with van der Waals surface area (Å²) >= 11 is 0. The Kier molecular flexibility index (Phi) is 4.90. The topological polar surface area (TPSA) is 95.5 Å². The van der Waals surface area contributed by atoms with Gasteiger partial charge >= 0.3 is 5.97 Å². The molecule has 0 spiro atoms. The number of hydrogen-bond acceptors (Lipinski definition) is 4. The summed E-state index contributed by atoms with van der Waals surface area (Å²) in [4.78, 5) is 11.3. The van der Waals surface area contributed by atoms with Crippen molar-refractivity contribution in [1.29, 1.82) is 0 Å². The predicted molar refractivity (Wildman–Crippen MR) is 107 cm³/mol. The molecule has 0 saturated heterocycles. The molecule has 0 aliphatic carbocycles. The summed E-state index contributed by atoms with van der Waals surface area (Å²) in [6, 6.07) is 12.3. The Morgan fingerprint density at radius 3 is 2.63 bits per heavy atom. The van der Waals surface area contributed by atoms with Crippen molar-refractivity contribution in [3.8, 4) is 0 Å². The van der Waals surface area contributed by atoms with Gasteiger partial charge in [0.25, 0.3) is 0 Å². The van der Waals surface area contributed by atoms with E-state index in [1.165, 1.54) is 0 Å². The number of carbonyl (C=O) groups is 1. The molecule has 0 radical (unpaired) electrons. The summed E-state index contributed by atoms with van der Waals surface area (Å²) in [6.45, 7) is 5.75. The maximum absolute atomic E-state index is 12.0. The molecule has 3 rings (SSSR count). The highest BCUT2D eigenvalue weighted by molar-refractivity contribution is 7.92. The molecule has 1 aliphatic rings. The number of benzene rings is 2. The van der Waals surface area contributed by atoms with Gasteiger partial charge in [0.05, 0.1) is 23.0 Å². The van der Waals surface area contributed by atoms with Gasteiger partial charge in [0.1, 0.15) is 0 Å². The van der Waals surface area contributed by atoms with Crippen LogP contribution in [0.25, 0.3) is 0 Å². The quantitative estimate of drug-likeness (QED) is 0.720. The number of carboxylic acids is 1. The molecule has 144 valence electrons. The number of para-hydroxylation sites is 1.